The summed E-state index contributed by atoms with van der Waals surface area (Å²) in [5, 5.41) is 0. The van der Waals surface area contributed by atoms with Crippen molar-refractivity contribution in [2.24, 2.45) is 0 Å². The summed E-state index contributed by atoms with van der Waals surface area (Å²) in [6.45, 7) is 2.78. The molecule has 0 radical (unpaired) electrons. The predicted octanol–water partition coefficient (Wildman–Crippen LogP) is 6.73. The number of methoxy groups -OCH3 is 1. The molecule has 26 heavy (non-hydrogen) atoms. The molecule has 0 rings (SSSR count). The van der Waals surface area contributed by atoms with E-state index in [4.69, 9.17) is 4.74 Å². The Kier molecular flexibility index (Phi) is 20.7. The second-order valence-corrected chi connectivity index (χ2v) is 8.62. The van der Waals surface area contributed by atoms with Gasteiger partial charge in [-0.1, -0.05) is 103 Å². The topological polar surface area (TPSA) is 43.4 Å². The molecule has 0 spiro atoms. The van der Waals surface area contributed by atoms with E-state index >= 15 is 0 Å². The predicted molar refractivity (Wildman–Crippen MR) is 115 cm³/mol. The molecule has 0 aliphatic carbocycles. The van der Waals surface area contributed by atoms with Crippen LogP contribution in [-0.2, 0) is 15.0 Å². The molecule has 0 fully saturated rings. The molecular weight excluding hydrogens is 344 g/mol. The van der Waals surface area contributed by atoms with Crippen molar-refractivity contribution >= 4 is 15.2 Å². The van der Waals surface area contributed by atoms with Crippen LogP contribution in [0.15, 0.2) is 0 Å². The second kappa shape index (κ2) is 21.0. The highest BCUT2D eigenvalue weighted by Crippen LogP contribution is 2.14. The van der Waals surface area contributed by atoms with Gasteiger partial charge in [0.2, 0.25) is 10.3 Å². The Morgan fingerprint density at radius 1 is 0.615 bits per heavy atom. The van der Waals surface area contributed by atoms with Crippen LogP contribution in [0.4, 0.5) is 0 Å². The molecule has 0 bridgehead atoms. The first kappa shape index (κ1) is 25.6. The fraction of sp³-hybridized carbons (Fsp3) is 0.955. The van der Waals surface area contributed by atoms with Crippen LogP contribution < -0.4 is 0 Å². The zero-order valence-electron chi connectivity index (χ0n) is 17.6. The Hall–Kier alpha value is -0.350. The van der Waals surface area contributed by atoms with E-state index in [0.29, 0.717) is 24.3 Å². The van der Waals surface area contributed by atoms with E-state index in [-0.39, 0.29) is 0 Å². The normalized spacial score (nSPS) is 11.0. The van der Waals surface area contributed by atoms with E-state index in [9.17, 15) is 8.42 Å². The van der Waals surface area contributed by atoms with Crippen molar-refractivity contribution in [1.29, 1.82) is 0 Å². The quantitative estimate of drug-likeness (QED) is 0.172. The van der Waals surface area contributed by atoms with Gasteiger partial charge in [0.25, 0.3) is 0 Å². The molecule has 0 aliphatic rings. The van der Waals surface area contributed by atoms with Crippen molar-refractivity contribution in [3.63, 3.8) is 0 Å². The Labute approximate surface area is 164 Å². The van der Waals surface area contributed by atoms with Gasteiger partial charge in [-0.15, -0.1) is 0 Å². The molecule has 0 aromatic carbocycles. The molecule has 0 saturated heterocycles. The standard InChI is InChI=1S/C22H44O3S/c1-3-4-5-6-7-8-9-10-11-12-13-14-15-16-17-18-19-22(26(23)24)20-21-25-2/h3-21H2,1-2H3. The van der Waals surface area contributed by atoms with Gasteiger partial charge in [0.1, 0.15) is 0 Å². The first-order chi connectivity index (χ1) is 12.7. The minimum Gasteiger partial charge on any atom is -0.384 e. The van der Waals surface area contributed by atoms with Gasteiger partial charge in [-0.2, -0.15) is 8.42 Å². The highest BCUT2D eigenvalue weighted by atomic mass is 32.2. The van der Waals surface area contributed by atoms with Crippen LogP contribution in [0.3, 0.4) is 0 Å². The lowest BCUT2D eigenvalue weighted by atomic mass is 10.0. The average Bonchev–Trinajstić information content (AvgIpc) is 2.63. The largest absolute Gasteiger partial charge is 0.384 e. The van der Waals surface area contributed by atoms with Gasteiger partial charge in [0, 0.05) is 13.5 Å². The molecule has 3 nitrogen and oxygen atoms in total. The van der Waals surface area contributed by atoms with E-state index in [1.54, 1.807) is 7.11 Å². The van der Waals surface area contributed by atoms with Crippen LogP contribution in [0.2, 0.25) is 0 Å². The van der Waals surface area contributed by atoms with Crippen LogP contribution in [0, 0.1) is 0 Å². The summed E-state index contributed by atoms with van der Waals surface area (Å²) in [6, 6.07) is 0. The first-order valence-electron chi connectivity index (χ1n) is 11.1. The first-order valence-corrected chi connectivity index (χ1v) is 12.2. The molecule has 0 heterocycles. The average molecular weight is 389 g/mol. The van der Waals surface area contributed by atoms with Crippen molar-refractivity contribution < 1.29 is 13.2 Å². The van der Waals surface area contributed by atoms with Crippen molar-refractivity contribution in [3.8, 4) is 0 Å². The molecule has 0 aromatic heterocycles. The Morgan fingerprint density at radius 2 is 1.00 bits per heavy atom. The molecule has 156 valence electrons. The molecule has 4 heteroatoms. The molecule has 0 amide bonds. The number of rotatable bonds is 20. The van der Waals surface area contributed by atoms with Gasteiger partial charge in [-0.25, -0.2) is 0 Å². The molecule has 0 unspecified atom stereocenters. The summed E-state index contributed by atoms with van der Waals surface area (Å²) in [5.74, 6) is 0. The van der Waals surface area contributed by atoms with Crippen LogP contribution in [0.5, 0.6) is 0 Å². The maximum atomic E-state index is 11.1. The Morgan fingerprint density at radius 3 is 1.35 bits per heavy atom. The lowest BCUT2D eigenvalue weighted by Gasteiger charge is -2.04. The van der Waals surface area contributed by atoms with Gasteiger partial charge < -0.3 is 4.74 Å². The van der Waals surface area contributed by atoms with Crippen LogP contribution in [0.25, 0.3) is 0 Å². The molecule has 0 saturated carbocycles. The van der Waals surface area contributed by atoms with Crippen molar-refractivity contribution in [2.75, 3.05) is 13.7 Å². The number of unbranched alkanes of at least 4 members (excludes halogenated alkanes) is 15. The number of hydrogen-bond acceptors (Lipinski definition) is 3. The summed E-state index contributed by atoms with van der Waals surface area (Å²) >= 11 is 0. The van der Waals surface area contributed by atoms with Crippen molar-refractivity contribution in [3.05, 3.63) is 0 Å². The third kappa shape index (κ3) is 18.4. The van der Waals surface area contributed by atoms with E-state index in [2.05, 4.69) is 6.92 Å². The third-order valence-electron chi connectivity index (χ3n) is 5.13. The van der Waals surface area contributed by atoms with Gasteiger partial charge in [0.05, 0.1) is 11.5 Å². The SMILES string of the molecule is CCCCCCCCCCCCCCCCCCC(CCOC)=S(=O)=O. The second-order valence-electron chi connectivity index (χ2n) is 7.57. The molecule has 0 aromatic rings. The van der Waals surface area contributed by atoms with E-state index < -0.39 is 10.3 Å². The summed E-state index contributed by atoms with van der Waals surface area (Å²) in [5.41, 5.74) is 0. The number of ether oxygens (including phenoxy) is 1. The number of hydrogen-bond donors (Lipinski definition) is 0. The maximum Gasteiger partial charge on any atom is 0.213 e. The minimum atomic E-state index is -2.04. The zero-order valence-corrected chi connectivity index (χ0v) is 18.4. The lowest BCUT2D eigenvalue weighted by Crippen LogP contribution is -2.04. The molecule has 0 aliphatic heterocycles. The third-order valence-corrected chi connectivity index (χ3v) is 6.01. The lowest BCUT2D eigenvalue weighted by molar-refractivity contribution is 0.207. The summed E-state index contributed by atoms with van der Waals surface area (Å²) in [4.78, 5) is 0.622. The Balaban J connectivity index is 3.28. The molecule has 0 atom stereocenters. The maximum absolute atomic E-state index is 11.1. The highest BCUT2D eigenvalue weighted by molar-refractivity contribution is 7.73. The van der Waals surface area contributed by atoms with Gasteiger partial charge in [-0.3, -0.25) is 0 Å². The van der Waals surface area contributed by atoms with Crippen LogP contribution in [0.1, 0.15) is 122 Å². The van der Waals surface area contributed by atoms with Crippen molar-refractivity contribution in [1.82, 2.24) is 0 Å². The fourth-order valence-corrected chi connectivity index (χ4v) is 3.94. The zero-order chi connectivity index (χ0) is 19.3. The van der Waals surface area contributed by atoms with Crippen molar-refractivity contribution in [2.45, 2.75) is 122 Å². The van der Waals surface area contributed by atoms with Gasteiger partial charge >= 0.3 is 0 Å². The Bertz CT molecular complexity index is 407. The van der Waals surface area contributed by atoms with Gasteiger partial charge in [-0.05, 0) is 12.8 Å². The van der Waals surface area contributed by atoms with E-state index in [1.165, 1.54) is 89.9 Å². The molecule has 0 N–H and O–H groups in total. The van der Waals surface area contributed by atoms with E-state index in [0.717, 1.165) is 12.8 Å². The summed E-state index contributed by atoms with van der Waals surface area (Å²) < 4.78 is 27.2. The van der Waals surface area contributed by atoms with Crippen LogP contribution in [-0.4, -0.2) is 27.0 Å². The summed E-state index contributed by atoms with van der Waals surface area (Å²) in [6.07, 6.45) is 22.7. The fourth-order valence-electron chi connectivity index (χ4n) is 3.38. The monoisotopic (exact) mass is 388 g/mol. The highest BCUT2D eigenvalue weighted by Gasteiger charge is 2.02. The van der Waals surface area contributed by atoms with Gasteiger partial charge in [0.15, 0.2) is 0 Å². The van der Waals surface area contributed by atoms with Crippen LogP contribution >= 0.6 is 0 Å². The smallest absolute Gasteiger partial charge is 0.213 e. The summed E-state index contributed by atoms with van der Waals surface area (Å²) in [7, 11) is -0.425. The minimum absolute atomic E-state index is 0.502. The molecular formula is C22H44O3S. The van der Waals surface area contributed by atoms with E-state index in [1.807, 2.05) is 0 Å².